The van der Waals surface area contributed by atoms with Gasteiger partial charge in [-0.05, 0) is 31.9 Å². The minimum Gasteiger partial charge on any atom is -0.450 e. The van der Waals surface area contributed by atoms with Gasteiger partial charge in [-0.2, -0.15) is 0 Å². The van der Waals surface area contributed by atoms with Crippen molar-refractivity contribution in [3.05, 3.63) is 12.1 Å². The number of carbonyl (C=O) groups excluding carboxylic acids is 1. The maximum atomic E-state index is 11.2. The second-order valence-corrected chi connectivity index (χ2v) is 3.89. The summed E-state index contributed by atoms with van der Waals surface area (Å²) in [4.78, 5) is 15.4. The van der Waals surface area contributed by atoms with Crippen LogP contribution in [0.1, 0.15) is 19.8 Å². The van der Waals surface area contributed by atoms with Crippen molar-refractivity contribution in [1.29, 1.82) is 0 Å². The smallest absolute Gasteiger partial charge is 0.411 e. The third-order valence-electron chi connectivity index (χ3n) is 2.37. The van der Waals surface area contributed by atoms with Crippen LogP contribution in [0.2, 0.25) is 0 Å². The molecule has 6 heteroatoms. The van der Waals surface area contributed by atoms with Gasteiger partial charge in [0.25, 0.3) is 0 Å². The summed E-state index contributed by atoms with van der Waals surface area (Å²) in [5, 5.41) is 5.76. The monoisotopic (exact) mass is 236 g/mol. The Balaban J connectivity index is 2.00. The standard InChI is InChI=1S/C11H16N4O2/c1-2-17-11(16)14-8-5-6-9(15-10(8)12)13-7-3-4-7/h5-7H,2-4H2,1H3,(H,14,16)(H3,12,13,15). The lowest BCUT2D eigenvalue weighted by Gasteiger charge is -2.09. The third kappa shape index (κ3) is 3.24. The number of nitrogen functional groups attached to an aromatic ring is 1. The van der Waals surface area contributed by atoms with Crippen molar-refractivity contribution in [3.8, 4) is 0 Å². The van der Waals surface area contributed by atoms with Crippen LogP contribution in [-0.2, 0) is 4.74 Å². The molecule has 1 aliphatic rings. The van der Waals surface area contributed by atoms with Gasteiger partial charge >= 0.3 is 6.09 Å². The van der Waals surface area contributed by atoms with E-state index in [4.69, 9.17) is 10.5 Å². The fourth-order valence-electron chi connectivity index (χ4n) is 1.37. The predicted octanol–water partition coefficient (Wildman–Crippen LogP) is 1.81. The normalized spacial score (nSPS) is 14.2. The minimum absolute atomic E-state index is 0.281. The van der Waals surface area contributed by atoms with Crippen molar-refractivity contribution in [1.82, 2.24) is 4.98 Å². The lowest BCUT2D eigenvalue weighted by Crippen LogP contribution is -2.15. The zero-order valence-corrected chi connectivity index (χ0v) is 9.69. The average molecular weight is 236 g/mol. The maximum Gasteiger partial charge on any atom is 0.411 e. The Hall–Kier alpha value is -1.98. The van der Waals surface area contributed by atoms with Crippen molar-refractivity contribution in [3.63, 3.8) is 0 Å². The number of nitrogens with two attached hydrogens (primary N) is 1. The summed E-state index contributed by atoms with van der Waals surface area (Å²) in [6.07, 6.45) is 1.82. The highest BCUT2D eigenvalue weighted by Gasteiger charge is 2.21. The first-order chi connectivity index (χ1) is 8.19. The van der Waals surface area contributed by atoms with Crippen molar-refractivity contribution in [2.75, 3.05) is 23.0 Å². The van der Waals surface area contributed by atoms with Crippen LogP contribution in [0.3, 0.4) is 0 Å². The molecule has 1 saturated carbocycles. The van der Waals surface area contributed by atoms with E-state index in [-0.39, 0.29) is 5.82 Å². The van der Waals surface area contributed by atoms with Gasteiger partial charge in [-0.3, -0.25) is 5.32 Å². The van der Waals surface area contributed by atoms with E-state index >= 15 is 0 Å². The maximum absolute atomic E-state index is 11.2. The van der Waals surface area contributed by atoms with Crippen molar-refractivity contribution >= 4 is 23.4 Å². The van der Waals surface area contributed by atoms with Crippen LogP contribution in [0, 0.1) is 0 Å². The van der Waals surface area contributed by atoms with Crippen LogP contribution in [0.25, 0.3) is 0 Å². The molecule has 0 bridgehead atoms. The summed E-state index contributed by atoms with van der Waals surface area (Å²) < 4.78 is 4.76. The van der Waals surface area contributed by atoms with Gasteiger partial charge in [-0.25, -0.2) is 9.78 Å². The highest BCUT2D eigenvalue weighted by molar-refractivity contribution is 5.88. The Morgan fingerprint density at radius 1 is 1.59 bits per heavy atom. The fourth-order valence-corrected chi connectivity index (χ4v) is 1.37. The van der Waals surface area contributed by atoms with Crippen molar-refractivity contribution in [2.24, 2.45) is 0 Å². The molecule has 1 fully saturated rings. The molecule has 0 radical (unpaired) electrons. The predicted molar refractivity (Wildman–Crippen MR) is 65.9 cm³/mol. The number of hydrogen-bond donors (Lipinski definition) is 3. The third-order valence-corrected chi connectivity index (χ3v) is 2.37. The van der Waals surface area contributed by atoms with Gasteiger partial charge in [-0.15, -0.1) is 0 Å². The molecule has 4 N–H and O–H groups in total. The highest BCUT2D eigenvalue weighted by atomic mass is 16.5. The molecule has 0 aliphatic heterocycles. The minimum atomic E-state index is -0.524. The molecule has 1 aliphatic carbocycles. The van der Waals surface area contributed by atoms with E-state index in [1.807, 2.05) is 0 Å². The number of aromatic nitrogens is 1. The van der Waals surface area contributed by atoms with Gasteiger partial charge in [0, 0.05) is 6.04 Å². The lowest BCUT2D eigenvalue weighted by molar-refractivity contribution is 0.168. The molecule has 0 spiro atoms. The zero-order chi connectivity index (χ0) is 12.3. The van der Waals surface area contributed by atoms with E-state index in [1.165, 1.54) is 12.8 Å². The second-order valence-electron chi connectivity index (χ2n) is 3.89. The number of anilines is 3. The molecule has 6 nitrogen and oxygen atoms in total. The molecule has 1 heterocycles. The van der Waals surface area contributed by atoms with Gasteiger partial charge in [0.05, 0.1) is 12.3 Å². The fraction of sp³-hybridized carbons (Fsp3) is 0.455. The summed E-state index contributed by atoms with van der Waals surface area (Å²) in [7, 11) is 0. The largest absolute Gasteiger partial charge is 0.450 e. The van der Waals surface area contributed by atoms with Crippen molar-refractivity contribution < 1.29 is 9.53 Å². The molecule has 0 aromatic carbocycles. The second kappa shape index (κ2) is 4.90. The van der Waals surface area contributed by atoms with E-state index in [1.54, 1.807) is 19.1 Å². The lowest BCUT2D eigenvalue weighted by atomic mass is 10.3. The molecule has 0 atom stereocenters. The topological polar surface area (TPSA) is 89.3 Å². The summed E-state index contributed by atoms with van der Waals surface area (Å²) in [5.41, 5.74) is 6.20. The van der Waals surface area contributed by atoms with Gasteiger partial charge in [0.2, 0.25) is 0 Å². The Morgan fingerprint density at radius 3 is 2.94 bits per heavy atom. The summed E-state index contributed by atoms with van der Waals surface area (Å²) in [5.74, 6) is 1.02. The van der Waals surface area contributed by atoms with Crippen LogP contribution in [0.15, 0.2) is 12.1 Å². The van der Waals surface area contributed by atoms with Gasteiger partial charge in [0.15, 0.2) is 0 Å². The van der Waals surface area contributed by atoms with Crippen LogP contribution in [0.5, 0.6) is 0 Å². The number of nitrogens with zero attached hydrogens (tertiary/aromatic N) is 1. The molecule has 0 unspecified atom stereocenters. The number of ether oxygens (including phenoxy) is 1. The number of amides is 1. The number of nitrogens with one attached hydrogen (secondary N) is 2. The van der Waals surface area contributed by atoms with Gasteiger partial charge in [-0.1, -0.05) is 0 Å². The van der Waals surface area contributed by atoms with E-state index in [0.717, 1.165) is 5.82 Å². The molecular formula is C11H16N4O2. The van der Waals surface area contributed by atoms with E-state index in [9.17, 15) is 4.79 Å². The first kappa shape index (κ1) is 11.5. The Bertz CT molecular complexity index is 418. The molecule has 92 valence electrons. The number of rotatable bonds is 4. The molecule has 1 aromatic rings. The molecule has 17 heavy (non-hydrogen) atoms. The quantitative estimate of drug-likeness (QED) is 0.741. The number of pyridine rings is 1. The summed E-state index contributed by atoms with van der Waals surface area (Å²) in [6.45, 7) is 2.06. The summed E-state index contributed by atoms with van der Waals surface area (Å²) >= 11 is 0. The molecular weight excluding hydrogens is 220 g/mol. The molecule has 1 aromatic heterocycles. The first-order valence-corrected chi connectivity index (χ1v) is 5.66. The summed E-state index contributed by atoms with van der Waals surface area (Å²) in [6, 6.07) is 4.02. The van der Waals surface area contributed by atoms with Gasteiger partial charge < -0.3 is 15.8 Å². The van der Waals surface area contributed by atoms with E-state index in [0.29, 0.717) is 18.3 Å². The number of hydrogen-bond acceptors (Lipinski definition) is 5. The zero-order valence-electron chi connectivity index (χ0n) is 9.69. The Kier molecular flexibility index (Phi) is 3.32. The SMILES string of the molecule is CCOC(=O)Nc1ccc(NC2CC2)nc1N. The first-order valence-electron chi connectivity index (χ1n) is 5.66. The Morgan fingerprint density at radius 2 is 2.35 bits per heavy atom. The van der Waals surface area contributed by atoms with Crippen molar-refractivity contribution in [2.45, 2.75) is 25.8 Å². The van der Waals surface area contributed by atoms with Gasteiger partial charge in [0.1, 0.15) is 11.6 Å². The molecule has 0 saturated heterocycles. The van der Waals surface area contributed by atoms with E-state index < -0.39 is 6.09 Å². The molecule has 2 rings (SSSR count). The van der Waals surface area contributed by atoms with Crippen LogP contribution in [-0.4, -0.2) is 23.7 Å². The van der Waals surface area contributed by atoms with Crippen LogP contribution >= 0.6 is 0 Å². The van der Waals surface area contributed by atoms with E-state index in [2.05, 4.69) is 15.6 Å². The van der Waals surface area contributed by atoms with Crippen LogP contribution in [0.4, 0.5) is 22.1 Å². The number of carbonyl (C=O) groups is 1. The van der Waals surface area contributed by atoms with Crippen LogP contribution < -0.4 is 16.4 Å². The average Bonchev–Trinajstić information content (AvgIpc) is 3.06. The Labute approximate surface area is 99.5 Å². The molecule has 1 amide bonds. The highest BCUT2D eigenvalue weighted by Crippen LogP contribution is 2.25.